The number of hydrogen-bond acceptors (Lipinski definition) is 11. The molecule has 14 heteroatoms. The van der Waals surface area contributed by atoms with Crippen LogP contribution in [-0.4, -0.2) is 65.7 Å². The first-order chi connectivity index (χ1) is 25.1. The number of methoxy groups -OCH3 is 1. The monoisotopic (exact) mass is 726 g/mol. The molecule has 3 aromatic carbocycles. The zero-order valence-electron chi connectivity index (χ0n) is 29.3. The van der Waals surface area contributed by atoms with Crippen molar-refractivity contribution in [3.63, 3.8) is 0 Å². The van der Waals surface area contributed by atoms with Gasteiger partial charge >= 0.3 is 0 Å². The molecule has 0 radical (unpaired) electrons. The summed E-state index contributed by atoms with van der Waals surface area (Å²) in [5.74, 6) is 0.479. The number of aromatic nitrogens is 2. The van der Waals surface area contributed by atoms with Gasteiger partial charge in [-0.1, -0.05) is 42.8 Å². The Morgan fingerprint density at radius 2 is 1.46 bits per heavy atom. The molecule has 0 saturated heterocycles. The number of carbonyl (C=O) groups is 2. The number of anilines is 2. The van der Waals surface area contributed by atoms with Crippen molar-refractivity contribution in [3.8, 4) is 5.88 Å². The Morgan fingerprint density at radius 3 is 2.00 bits per heavy atom. The van der Waals surface area contributed by atoms with Gasteiger partial charge in [0.05, 0.1) is 19.2 Å². The molecule has 3 heterocycles. The number of halogens is 1. The predicted molar refractivity (Wildman–Crippen MR) is 202 cm³/mol. The molecule has 13 nitrogen and oxygen atoms in total. The first-order valence-electron chi connectivity index (χ1n) is 17.0. The van der Waals surface area contributed by atoms with Crippen LogP contribution >= 0.6 is 11.6 Å². The number of hydrogen-bond donors (Lipinski definition) is 4. The second-order valence-corrected chi connectivity index (χ2v) is 12.7. The highest BCUT2D eigenvalue weighted by atomic mass is 35.5. The Labute approximate surface area is 307 Å². The maximum atomic E-state index is 12.5. The second-order valence-electron chi connectivity index (χ2n) is 12.2. The van der Waals surface area contributed by atoms with Crippen LogP contribution in [0.4, 0.5) is 11.4 Å². The lowest BCUT2D eigenvalue weighted by atomic mass is 10.0. The molecular formula is C38H43ClN8O5. The summed E-state index contributed by atoms with van der Waals surface area (Å²) in [4.78, 5) is 41.6. The highest BCUT2D eigenvalue weighted by molar-refractivity contribution is 6.30. The number of amidine groups is 2. The third kappa shape index (κ3) is 10.9. The van der Waals surface area contributed by atoms with Gasteiger partial charge in [-0.05, 0) is 92.3 Å². The van der Waals surface area contributed by atoms with Crippen LogP contribution in [0, 0.1) is 0 Å². The smallest absolute Gasteiger partial charge is 0.282 e. The summed E-state index contributed by atoms with van der Waals surface area (Å²) in [6, 6.07) is 24.6. The summed E-state index contributed by atoms with van der Waals surface area (Å²) in [5, 5.41) is 6.33. The van der Waals surface area contributed by atoms with Crippen molar-refractivity contribution in [1.82, 2.24) is 9.97 Å². The molecule has 0 fully saturated rings. The number of ether oxygens (including phenoxy) is 3. The number of aliphatic imine (C=N–C) groups is 2. The lowest BCUT2D eigenvalue weighted by Crippen LogP contribution is -2.20. The minimum atomic E-state index is -0.300. The van der Waals surface area contributed by atoms with Crippen LogP contribution < -0.4 is 26.8 Å². The van der Waals surface area contributed by atoms with Crippen molar-refractivity contribution in [2.24, 2.45) is 21.5 Å². The van der Waals surface area contributed by atoms with E-state index in [9.17, 15) is 9.59 Å². The first-order valence-corrected chi connectivity index (χ1v) is 17.4. The van der Waals surface area contributed by atoms with Crippen LogP contribution in [0.15, 0.2) is 88.8 Å². The SMILES string of the molecule is CCc1nc(OC)cc(C(=O)Nc2ccc(CC[C@H]3COC(N)=N3)cc2)n1.C[C@@H]1OC(N)=N[C@H]1CCc1ccc(NC(=O)c2ccc(Cl)cc2)cc1. The van der Waals surface area contributed by atoms with Crippen molar-refractivity contribution >= 4 is 46.8 Å². The van der Waals surface area contributed by atoms with Crippen LogP contribution in [0.1, 0.15) is 64.5 Å². The molecule has 0 saturated carbocycles. The number of nitrogens with zero attached hydrogens (tertiary/aromatic N) is 4. The minimum Gasteiger partial charge on any atom is -0.481 e. The topological polar surface area (TPSA) is 188 Å². The van der Waals surface area contributed by atoms with Crippen LogP contribution in [0.3, 0.4) is 0 Å². The van der Waals surface area contributed by atoms with E-state index in [0.29, 0.717) is 41.0 Å². The van der Waals surface area contributed by atoms with Crippen LogP contribution in [0.5, 0.6) is 5.88 Å². The molecule has 6 rings (SSSR count). The fraction of sp³-hybridized carbons (Fsp3) is 0.316. The van der Waals surface area contributed by atoms with E-state index < -0.39 is 0 Å². The molecule has 0 unspecified atom stereocenters. The summed E-state index contributed by atoms with van der Waals surface area (Å²) >= 11 is 5.83. The molecule has 3 atom stereocenters. The number of amides is 2. The summed E-state index contributed by atoms with van der Waals surface area (Å²) < 4.78 is 15.6. The van der Waals surface area contributed by atoms with E-state index in [1.807, 2.05) is 62.4 Å². The highest BCUT2D eigenvalue weighted by Gasteiger charge is 2.25. The third-order valence-electron chi connectivity index (χ3n) is 8.41. The van der Waals surface area contributed by atoms with Gasteiger partial charge in [-0.15, -0.1) is 0 Å². The van der Waals surface area contributed by atoms with Crippen molar-refractivity contribution in [2.75, 3.05) is 24.4 Å². The zero-order valence-corrected chi connectivity index (χ0v) is 30.1. The summed E-state index contributed by atoms with van der Waals surface area (Å²) in [5.41, 5.74) is 15.7. The van der Waals surface area contributed by atoms with Crippen molar-refractivity contribution < 1.29 is 23.8 Å². The van der Waals surface area contributed by atoms with Gasteiger partial charge in [-0.25, -0.2) is 15.0 Å². The van der Waals surface area contributed by atoms with Crippen molar-refractivity contribution in [3.05, 3.63) is 112 Å². The largest absolute Gasteiger partial charge is 0.481 e. The predicted octanol–water partition coefficient (Wildman–Crippen LogP) is 5.57. The minimum absolute atomic E-state index is 0.0259. The third-order valence-corrected chi connectivity index (χ3v) is 8.66. The number of rotatable bonds is 12. The molecule has 2 aliphatic heterocycles. The summed E-state index contributed by atoms with van der Waals surface area (Å²) in [6.45, 7) is 4.44. The number of nitrogens with two attached hydrogens (primary N) is 2. The van der Waals surface area contributed by atoms with Gasteiger partial charge in [0, 0.05) is 34.4 Å². The van der Waals surface area contributed by atoms with Crippen molar-refractivity contribution in [1.29, 1.82) is 0 Å². The van der Waals surface area contributed by atoms with Crippen molar-refractivity contribution in [2.45, 2.75) is 64.1 Å². The quantitative estimate of drug-likeness (QED) is 0.145. The van der Waals surface area contributed by atoms with Crippen LogP contribution in [0.25, 0.3) is 0 Å². The lowest BCUT2D eigenvalue weighted by Gasteiger charge is -2.12. The average Bonchev–Trinajstić information content (AvgIpc) is 3.73. The van der Waals surface area contributed by atoms with E-state index in [0.717, 1.165) is 36.9 Å². The Hall–Kier alpha value is -5.69. The van der Waals surface area contributed by atoms with E-state index in [4.69, 9.17) is 37.3 Å². The number of benzene rings is 3. The van der Waals surface area contributed by atoms with Gasteiger partial charge in [0.2, 0.25) is 5.88 Å². The Morgan fingerprint density at radius 1 is 0.846 bits per heavy atom. The second kappa shape index (κ2) is 18.0. The number of carbonyl (C=O) groups excluding carboxylic acids is 2. The van der Waals surface area contributed by atoms with Gasteiger partial charge in [0.25, 0.3) is 23.9 Å². The Bertz CT molecular complexity index is 1860. The van der Waals surface area contributed by atoms with Gasteiger partial charge in [-0.2, -0.15) is 4.98 Å². The molecule has 52 heavy (non-hydrogen) atoms. The standard InChI is InChI=1S/C19H20ClN3O2.C19H23N5O3/c1-12-17(23-19(21)25-12)11-4-13-2-9-16(10-3-13)22-18(24)14-5-7-15(20)8-6-14;1-3-16-23-15(10-17(24-16)26-2)18(25)21-13-7-4-12(5-8-13)6-9-14-11-27-19(20)22-14/h2-3,5-10,12,17H,4,11H2,1H3,(H2,21,23)(H,22,24);4-5,7-8,10,14H,3,6,9,11H2,1-2H3,(H2,20,22)(H,21,25)/t12-,17-;14-/m00/s1. The number of aryl methyl sites for hydroxylation is 3. The van der Waals surface area contributed by atoms with Crippen LogP contribution in [-0.2, 0) is 28.7 Å². The first kappa shape index (κ1) is 37.6. The fourth-order valence-corrected chi connectivity index (χ4v) is 5.59. The molecule has 4 aromatic rings. The van der Waals surface area contributed by atoms with Gasteiger partial charge < -0.3 is 36.3 Å². The fourth-order valence-electron chi connectivity index (χ4n) is 5.46. The Kier molecular flexibility index (Phi) is 13.0. The average molecular weight is 727 g/mol. The molecular weight excluding hydrogens is 684 g/mol. The normalized spacial score (nSPS) is 17.4. The van der Waals surface area contributed by atoms with E-state index in [-0.39, 0.29) is 47.7 Å². The molecule has 0 aliphatic carbocycles. The van der Waals surface area contributed by atoms with E-state index >= 15 is 0 Å². The van der Waals surface area contributed by atoms with Crippen LogP contribution in [0.2, 0.25) is 5.02 Å². The number of nitrogens with one attached hydrogen (secondary N) is 2. The summed E-state index contributed by atoms with van der Waals surface area (Å²) in [7, 11) is 1.51. The van der Waals surface area contributed by atoms with E-state index in [2.05, 4.69) is 30.6 Å². The maximum absolute atomic E-state index is 12.5. The molecule has 0 bridgehead atoms. The molecule has 2 amide bonds. The van der Waals surface area contributed by atoms with Gasteiger partial charge in [0.1, 0.15) is 24.2 Å². The van der Waals surface area contributed by atoms with E-state index in [1.165, 1.54) is 18.7 Å². The van der Waals surface area contributed by atoms with E-state index in [1.54, 1.807) is 24.3 Å². The molecule has 0 spiro atoms. The summed E-state index contributed by atoms with van der Waals surface area (Å²) in [6.07, 6.45) is 4.12. The maximum Gasteiger partial charge on any atom is 0.282 e. The van der Waals surface area contributed by atoms with Gasteiger partial charge in [-0.3, -0.25) is 9.59 Å². The molecule has 272 valence electrons. The molecule has 6 N–H and O–H groups in total. The highest BCUT2D eigenvalue weighted by Crippen LogP contribution is 2.20. The molecule has 2 aliphatic rings. The lowest BCUT2D eigenvalue weighted by molar-refractivity contribution is 0.101. The van der Waals surface area contributed by atoms with Gasteiger partial charge in [0.15, 0.2) is 0 Å². The zero-order chi connectivity index (χ0) is 37.0. The molecule has 1 aromatic heterocycles. The Balaban J connectivity index is 0.000000202.